The first-order chi connectivity index (χ1) is 11.3. The van der Waals surface area contributed by atoms with Crippen molar-refractivity contribution >= 4 is 27.8 Å². The molecule has 1 aromatic carbocycles. The van der Waals surface area contributed by atoms with Crippen LogP contribution in [-0.2, 0) is 4.79 Å². The molecule has 1 heterocycles. The van der Waals surface area contributed by atoms with Crippen LogP contribution in [0.2, 0.25) is 0 Å². The molecular weight excluding hydrogens is 383 g/mol. The summed E-state index contributed by atoms with van der Waals surface area (Å²) in [5.74, 6) is -1.99. The minimum atomic E-state index is -0.994. The maximum absolute atomic E-state index is 14.0. The third kappa shape index (κ3) is 4.19. The molecule has 0 saturated carbocycles. The summed E-state index contributed by atoms with van der Waals surface area (Å²) in [7, 11) is 0. The number of carboxylic acid groups (broad SMARTS) is 1. The predicted octanol–water partition coefficient (Wildman–Crippen LogP) is 3.57. The van der Waals surface area contributed by atoms with Gasteiger partial charge in [0.25, 0.3) is 5.91 Å². The second-order valence-electron chi connectivity index (χ2n) is 5.40. The average Bonchev–Trinajstić information content (AvgIpc) is 2.96. The van der Waals surface area contributed by atoms with Crippen molar-refractivity contribution in [3.05, 3.63) is 40.4 Å². The molecule has 0 bridgehead atoms. The van der Waals surface area contributed by atoms with E-state index in [1.54, 1.807) is 19.9 Å². The monoisotopic (exact) mass is 398 g/mol. The third-order valence-electron chi connectivity index (χ3n) is 3.34. The van der Waals surface area contributed by atoms with Gasteiger partial charge in [-0.3, -0.25) is 9.59 Å². The molecule has 0 fully saturated rings. The Balaban J connectivity index is 2.24. The van der Waals surface area contributed by atoms with Crippen molar-refractivity contribution < 1.29 is 23.5 Å². The van der Waals surface area contributed by atoms with Gasteiger partial charge in [0.2, 0.25) is 5.89 Å². The molecule has 0 unspecified atom stereocenters. The van der Waals surface area contributed by atoms with Gasteiger partial charge >= 0.3 is 5.97 Å². The molecule has 1 N–H and O–H groups in total. The Morgan fingerprint density at radius 1 is 1.42 bits per heavy atom. The molecule has 1 aromatic heterocycles. The van der Waals surface area contributed by atoms with E-state index in [2.05, 4.69) is 20.9 Å². The number of oxazole rings is 1. The summed E-state index contributed by atoms with van der Waals surface area (Å²) in [5, 5.41) is 8.78. The SMILES string of the molecule is CC(C)N(CCC(=O)O)C(=O)c1coc(-c2ccc(Br)cc2F)n1. The number of halogens is 2. The van der Waals surface area contributed by atoms with E-state index in [9.17, 15) is 14.0 Å². The van der Waals surface area contributed by atoms with E-state index in [1.807, 2.05) is 0 Å². The van der Waals surface area contributed by atoms with Crippen LogP contribution in [0, 0.1) is 5.82 Å². The van der Waals surface area contributed by atoms with Crippen molar-refractivity contribution in [1.82, 2.24) is 9.88 Å². The molecule has 6 nitrogen and oxygen atoms in total. The molecule has 0 radical (unpaired) electrons. The van der Waals surface area contributed by atoms with Crippen LogP contribution in [0.4, 0.5) is 4.39 Å². The van der Waals surface area contributed by atoms with E-state index < -0.39 is 17.7 Å². The molecule has 24 heavy (non-hydrogen) atoms. The fraction of sp³-hybridized carbons (Fsp3) is 0.312. The Kier molecular flexibility index (Phi) is 5.71. The van der Waals surface area contributed by atoms with Crippen molar-refractivity contribution in [3.8, 4) is 11.5 Å². The molecule has 128 valence electrons. The van der Waals surface area contributed by atoms with Crippen molar-refractivity contribution in [3.63, 3.8) is 0 Å². The number of carbonyl (C=O) groups is 2. The molecule has 2 rings (SSSR count). The first kappa shape index (κ1) is 18.1. The van der Waals surface area contributed by atoms with Gasteiger partial charge in [-0.1, -0.05) is 15.9 Å². The molecule has 0 aliphatic carbocycles. The van der Waals surface area contributed by atoms with Gasteiger partial charge in [0.05, 0.1) is 12.0 Å². The third-order valence-corrected chi connectivity index (χ3v) is 3.83. The van der Waals surface area contributed by atoms with Crippen LogP contribution in [0.15, 0.2) is 33.4 Å². The maximum Gasteiger partial charge on any atom is 0.305 e. The summed E-state index contributed by atoms with van der Waals surface area (Å²) >= 11 is 3.16. The van der Waals surface area contributed by atoms with Gasteiger partial charge in [-0.05, 0) is 32.0 Å². The Hall–Kier alpha value is -2.22. The number of rotatable bonds is 6. The lowest BCUT2D eigenvalue weighted by molar-refractivity contribution is -0.137. The van der Waals surface area contributed by atoms with E-state index in [0.29, 0.717) is 4.47 Å². The lowest BCUT2D eigenvalue weighted by atomic mass is 10.2. The second-order valence-corrected chi connectivity index (χ2v) is 6.31. The van der Waals surface area contributed by atoms with Crippen LogP contribution < -0.4 is 0 Å². The highest BCUT2D eigenvalue weighted by Crippen LogP contribution is 2.25. The predicted molar refractivity (Wildman–Crippen MR) is 88.0 cm³/mol. The van der Waals surface area contributed by atoms with Gasteiger partial charge in [-0.2, -0.15) is 0 Å². The van der Waals surface area contributed by atoms with Gasteiger partial charge < -0.3 is 14.4 Å². The van der Waals surface area contributed by atoms with E-state index >= 15 is 0 Å². The summed E-state index contributed by atoms with van der Waals surface area (Å²) in [6, 6.07) is 4.19. The topological polar surface area (TPSA) is 83.6 Å². The lowest BCUT2D eigenvalue weighted by Gasteiger charge is -2.25. The normalized spacial score (nSPS) is 10.9. The van der Waals surface area contributed by atoms with E-state index in [4.69, 9.17) is 9.52 Å². The second kappa shape index (κ2) is 7.57. The minimum absolute atomic E-state index is 0.00593. The quantitative estimate of drug-likeness (QED) is 0.803. The summed E-state index contributed by atoms with van der Waals surface area (Å²) < 4.78 is 19.7. The summed E-state index contributed by atoms with van der Waals surface area (Å²) in [6.45, 7) is 3.60. The van der Waals surface area contributed by atoms with Crippen LogP contribution in [0.1, 0.15) is 30.8 Å². The zero-order chi connectivity index (χ0) is 17.9. The molecule has 0 aliphatic rings. The number of nitrogens with zero attached hydrogens (tertiary/aromatic N) is 2. The number of benzene rings is 1. The van der Waals surface area contributed by atoms with Gasteiger partial charge in [0, 0.05) is 17.1 Å². The molecule has 0 aliphatic heterocycles. The molecular formula is C16H16BrFN2O4. The van der Waals surface area contributed by atoms with E-state index in [0.717, 1.165) is 6.26 Å². The molecule has 0 atom stereocenters. The number of aromatic nitrogens is 1. The number of carboxylic acids is 1. The lowest BCUT2D eigenvalue weighted by Crippen LogP contribution is -2.38. The van der Waals surface area contributed by atoms with Crippen LogP contribution >= 0.6 is 15.9 Å². The zero-order valence-electron chi connectivity index (χ0n) is 13.1. The van der Waals surface area contributed by atoms with Gasteiger partial charge in [0.15, 0.2) is 5.69 Å². The van der Waals surface area contributed by atoms with Crippen LogP contribution in [0.25, 0.3) is 11.5 Å². The maximum atomic E-state index is 14.0. The Labute approximate surface area is 146 Å². The summed E-state index contributed by atoms with van der Waals surface area (Å²) in [5.41, 5.74) is 0.144. The van der Waals surface area contributed by atoms with Gasteiger partial charge in [0.1, 0.15) is 12.1 Å². The average molecular weight is 399 g/mol. The van der Waals surface area contributed by atoms with Gasteiger partial charge in [-0.25, -0.2) is 9.37 Å². The molecule has 2 aromatic rings. The van der Waals surface area contributed by atoms with Crippen molar-refractivity contribution in [2.45, 2.75) is 26.3 Å². The van der Waals surface area contributed by atoms with E-state index in [1.165, 1.54) is 17.0 Å². The van der Waals surface area contributed by atoms with Crippen molar-refractivity contribution in [2.24, 2.45) is 0 Å². The van der Waals surface area contributed by atoms with E-state index in [-0.39, 0.29) is 36.2 Å². The fourth-order valence-electron chi connectivity index (χ4n) is 2.12. The Morgan fingerprint density at radius 3 is 2.71 bits per heavy atom. The van der Waals surface area contributed by atoms with Crippen molar-refractivity contribution in [1.29, 1.82) is 0 Å². The largest absolute Gasteiger partial charge is 0.481 e. The van der Waals surface area contributed by atoms with Crippen molar-refractivity contribution in [2.75, 3.05) is 6.54 Å². The smallest absolute Gasteiger partial charge is 0.305 e. The highest BCUT2D eigenvalue weighted by molar-refractivity contribution is 9.10. The van der Waals surface area contributed by atoms with Crippen LogP contribution in [-0.4, -0.2) is 39.5 Å². The fourth-order valence-corrected chi connectivity index (χ4v) is 2.45. The first-order valence-electron chi connectivity index (χ1n) is 7.23. The molecule has 0 saturated heterocycles. The Bertz CT molecular complexity index is 760. The highest BCUT2D eigenvalue weighted by Gasteiger charge is 2.23. The first-order valence-corrected chi connectivity index (χ1v) is 8.02. The Morgan fingerprint density at radius 2 is 2.12 bits per heavy atom. The number of amides is 1. The molecule has 0 spiro atoms. The van der Waals surface area contributed by atoms with Crippen LogP contribution in [0.5, 0.6) is 0 Å². The minimum Gasteiger partial charge on any atom is -0.481 e. The molecule has 1 amide bonds. The number of hydrogen-bond donors (Lipinski definition) is 1. The van der Waals surface area contributed by atoms with Crippen LogP contribution in [0.3, 0.4) is 0 Å². The highest BCUT2D eigenvalue weighted by atomic mass is 79.9. The zero-order valence-corrected chi connectivity index (χ0v) is 14.7. The number of carbonyl (C=O) groups excluding carboxylic acids is 1. The summed E-state index contributed by atoms with van der Waals surface area (Å²) in [4.78, 5) is 28.6. The summed E-state index contributed by atoms with van der Waals surface area (Å²) in [6.07, 6.45) is 0.977. The standard InChI is InChI=1S/C16H16BrFN2O4/c1-9(2)20(6-5-14(21)22)16(23)13-8-24-15(19-13)11-4-3-10(17)7-12(11)18/h3-4,7-9H,5-6H2,1-2H3,(H,21,22). The number of aliphatic carboxylic acids is 1. The van der Waals surface area contributed by atoms with Gasteiger partial charge in [-0.15, -0.1) is 0 Å². The number of hydrogen-bond acceptors (Lipinski definition) is 4. The molecule has 8 heteroatoms.